The molecule has 2 aliphatic rings. The van der Waals surface area contributed by atoms with Gasteiger partial charge in [-0.15, -0.1) is 0 Å². The van der Waals surface area contributed by atoms with E-state index in [-0.39, 0.29) is 17.4 Å². The molecule has 1 saturated heterocycles. The summed E-state index contributed by atoms with van der Waals surface area (Å²) in [5.74, 6) is -0.758. The first-order valence-corrected chi connectivity index (χ1v) is 12.8. The molecule has 2 atom stereocenters. The maximum atomic E-state index is 13.3. The van der Waals surface area contributed by atoms with Crippen LogP contribution in [-0.4, -0.2) is 58.9 Å². The number of carbonyl (C=O) groups excluding carboxylic acids is 2. The number of hydrogen-bond acceptors (Lipinski definition) is 5. The van der Waals surface area contributed by atoms with Crippen LogP contribution in [0, 0.1) is 0 Å². The largest absolute Gasteiger partial charge is 0.507 e. The van der Waals surface area contributed by atoms with Crippen LogP contribution in [0.4, 0.5) is 0 Å². The average Bonchev–Trinajstić information content (AvgIpc) is 3.34. The van der Waals surface area contributed by atoms with E-state index in [9.17, 15) is 14.7 Å². The van der Waals surface area contributed by atoms with Gasteiger partial charge in [0.25, 0.3) is 11.7 Å². The number of amides is 1. The third kappa shape index (κ3) is 5.06. The minimum absolute atomic E-state index is 0.0509. The van der Waals surface area contributed by atoms with Gasteiger partial charge in [0.2, 0.25) is 0 Å². The third-order valence-electron chi connectivity index (χ3n) is 6.74. The minimum atomic E-state index is -0.759. The quantitative estimate of drug-likeness (QED) is 0.286. The Kier molecular flexibility index (Phi) is 7.74. The van der Waals surface area contributed by atoms with Crippen molar-refractivity contribution in [2.24, 2.45) is 0 Å². The predicted molar refractivity (Wildman–Crippen MR) is 138 cm³/mol. The van der Waals surface area contributed by atoms with Gasteiger partial charge < -0.3 is 19.6 Å². The van der Waals surface area contributed by atoms with Crippen LogP contribution in [0.2, 0.25) is 10.0 Å². The molecule has 2 aromatic carbocycles. The molecule has 2 aliphatic heterocycles. The Bertz CT molecular complexity index is 1180. The molecule has 4 rings (SSSR count). The molecule has 6 nitrogen and oxygen atoms in total. The summed E-state index contributed by atoms with van der Waals surface area (Å²) < 4.78 is 5.76. The molecule has 35 heavy (non-hydrogen) atoms. The van der Waals surface area contributed by atoms with Gasteiger partial charge >= 0.3 is 0 Å². The van der Waals surface area contributed by atoms with Crippen molar-refractivity contribution in [3.05, 3.63) is 68.7 Å². The highest BCUT2D eigenvalue weighted by Gasteiger charge is 2.46. The number of aliphatic hydroxyl groups is 1. The van der Waals surface area contributed by atoms with Crippen LogP contribution < -0.4 is 4.74 Å². The third-order valence-corrected chi connectivity index (χ3v) is 7.48. The zero-order valence-electron chi connectivity index (χ0n) is 20.2. The summed E-state index contributed by atoms with van der Waals surface area (Å²) >= 11 is 12.4. The number of hydrogen-bond donors (Lipinski definition) is 1. The summed E-state index contributed by atoms with van der Waals surface area (Å²) in [7, 11) is 0. The first-order chi connectivity index (χ1) is 16.7. The van der Waals surface area contributed by atoms with E-state index < -0.39 is 17.7 Å². The molecule has 0 aliphatic carbocycles. The first kappa shape index (κ1) is 25.5. The molecule has 1 N–H and O–H groups in total. The summed E-state index contributed by atoms with van der Waals surface area (Å²) in [5, 5.41) is 12.0. The van der Waals surface area contributed by atoms with E-state index in [0.717, 1.165) is 30.9 Å². The molecule has 2 aromatic rings. The van der Waals surface area contributed by atoms with Gasteiger partial charge in [-0.1, -0.05) is 43.1 Å². The number of likely N-dealkylation sites (tertiary alicyclic amines) is 1. The summed E-state index contributed by atoms with van der Waals surface area (Å²) in [6, 6.07) is 9.62. The lowest BCUT2D eigenvalue weighted by Crippen LogP contribution is -2.33. The number of ether oxygens (including phenoxy) is 1. The average molecular weight is 517 g/mol. The molecule has 1 fully saturated rings. The highest BCUT2D eigenvalue weighted by molar-refractivity contribution is 6.46. The van der Waals surface area contributed by atoms with Crippen LogP contribution in [0.1, 0.15) is 49.9 Å². The molecular weight excluding hydrogens is 487 g/mol. The van der Waals surface area contributed by atoms with Crippen LogP contribution >= 0.6 is 23.2 Å². The molecule has 186 valence electrons. The van der Waals surface area contributed by atoms with E-state index in [1.807, 2.05) is 13.0 Å². The lowest BCUT2D eigenvalue weighted by molar-refractivity contribution is -0.140. The van der Waals surface area contributed by atoms with E-state index in [1.54, 1.807) is 30.3 Å². The fourth-order valence-corrected chi connectivity index (χ4v) is 5.18. The highest BCUT2D eigenvalue weighted by atomic mass is 35.5. The number of rotatable bonds is 8. The van der Waals surface area contributed by atoms with Crippen LogP contribution in [0.3, 0.4) is 0 Å². The lowest BCUT2D eigenvalue weighted by atomic mass is 9.94. The Balaban J connectivity index is 1.75. The number of carbonyl (C=O) groups is 2. The molecule has 0 aromatic heterocycles. The van der Waals surface area contributed by atoms with Gasteiger partial charge in [-0.2, -0.15) is 0 Å². The van der Waals surface area contributed by atoms with Crippen LogP contribution in [0.15, 0.2) is 42.0 Å². The van der Waals surface area contributed by atoms with Gasteiger partial charge in [0, 0.05) is 18.5 Å². The van der Waals surface area contributed by atoms with E-state index >= 15 is 0 Å². The summed E-state index contributed by atoms with van der Waals surface area (Å²) in [6.07, 6.45) is 1.46. The van der Waals surface area contributed by atoms with Crippen LogP contribution in [0.5, 0.6) is 5.75 Å². The Morgan fingerprint density at radius 1 is 1.11 bits per heavy atom. The summed E-state index contributed by atoms with van der Waals surface area (Å²) in [5.41, 5.74) is 2.12. The molecule has 2 heterocycles. The number of fused-ring (bicyclic) bond motifs is 1. The molecule has 0 spiro atoms. The molecule has 8 heteroatoms. The van der Waals surface area contributed by atoms with E-state index in [4.69, 9.17) is 27.9 Å². The van der Waals surface area contributed by atoms with Crippen molar-refractivity contribution in [2.75, 3.05) is 26.2 Å². The van der Waals surface area contributed by atoms with Crippen molar-refractivity contribution >= 4 is 40.7 Å². The maximum absolute atomic E-state index is 13.3. The first-order valence-electron chi connectivity index (χ1n) is 12.0. The fraction of sp³-hybridized carbons (Fsp3) is 0.407. The minimum Gasteiger partial charge on any atom is -0.507 e. The number of halogens is 2. The topological polar surface area (TPSA) is 70.1 Å². The normalized spacial score (nSPS) is 21.0. The Hall–Kier alpha value is -2.54. The summed E-state index contributed by atoms with van der Waals surface area (Å²) in [6.45, 7) is 9.15. The number of benzene rings is 2. The Morgan fingerprint density at radius 2 is 1.86 bits per heavy atom. The smallest absolute Gasteiger partial charge is 0.295 e. The van der Waals surface area contributed by atoms with Gasteiger partial charge in [-0.25, -0.2) is 0 Å². The van der Waals surface area contributed by atoms with Gasteiger partial charge in [0.05, 0.1) is 21.7 Å². The maximum Gasteiger partial charge on any atom is 0.295 e. The van der Waals surface area contributed by atoms with Crippen molar-refractivity contribution in [1.29, 1.82) is 0 Å². The van der Waals surface area contributed by atoms with Gasteiger partial charge in [0.1, 0.15) is 17.6 Å². The zero-order chi connectivity index (χ0) is 25.3. The fourth-order valence-electron chi connectivity index (χ4n) is 4.87. The predicted octanol–water partition coefficient (Wildman–Crippen LogP) is 5.47. The van der Waals surface area contributed by atoms with E-state index in [0.29, 0.717) is 40.6 Å². The Morgan fingerprint density at radius 3 is 2.54 bits per heavy atom. The molecule has 0 radical (unpaired) electrons. The monoisotopic (exact) mass is 516 g/mol. The standard InChI is InChI=1S/C27H30Cl2N2O4/c1-4-30(5-2)11-6-12-31-24(17-7-9-20(28)21(29)15-17)23(26(33)27(31)34)25(32)18-8-10-22-19(14-18)13-16(3)35-22/h7-10,14-16,24,32H,4-6,11-13H2,1-3H3. The number of Topliss-reactive ketones (excluding diaryl/α,β-unsaturated/α-hetero) is 1. The molecule has 0 saturated carbocycles. The van der Waals surface area contributed by atoms with E-state index in [1.165, 1.54) is 4.90 Å². The molecule has 2 unspecified atom stereocenters. The molecule has 0 bridgehead atoms. The molecular formula is C27H30Cl2N2O4. The van der Waals surface area contributed by atoms with Crippen molar-refractivity contribution in [3.63, 3.8) is 0 Å². The SMILES string of the molecule is CCN(CC)CCCN1C(=O)C(=O)C(=C(O)c2ccc3c(c2)CC(C)O3)C1c1ccc(Cl)c(Cl)c1. The highest BCUT2D eigenvalue weighted by Crippen LogP contribution is 2.42. The summed E-state index contributed by atoms with van der Waals surface area (Å²) in [4.78, 5) is 30.2. The van der Waals surface area contributed by atoms with E-state index in [2.05, 4.69) is 18.7 Å². The number of ketones is 1. The van der Waals surface area contributed by atoms with Crippen molar-refractivity contribution in [1.82, 2.24) is 9.80 Å². The van der Waals surface area contributed by atoms with Crippen molar-refractivity contribution < 1.29 is 19.4 Å². The number of aliphatic hydroxyl groups excluding tert-OH is 1. The van der Waals surface area contributed by atoms with Crippen LogP contribution in [0.25, 0.3) is 5.76 Å². The van der Waals surface area contributed by atoms with Gasteiger partial charge in [-0.05, 0) is 74.4 Å². The number of nitrogens with zero attached hydrogens (tertiary/aromatic N) is 2. The zero-order valence-corrected chi connectivity index (χ0v) is 21.7. The molecule has 1 amide bonds. The van der Waals surface area contributed by atoms with Gasteiger partial charge in [0.15, 0.2) is 0 Å². The lowest BCUT2D eigenvalue weighted by Gasteiger charge is -2.27. The second kappa shape index (κ2) is 10.6. The van der Waals surface area contributed by atoms with Crippen LogP contribution in [-0.2, 0) is 16.0 Å². The van der Waals surface area contributed by atoms with Crippen molar-refractivity contribution in [2.45, 2.75) is 45.8 Å². The Labute approximate surface area is 216 Å². The second-order valence-corrected chi connectivity index (χ2v) is 9.82. The van der Waals surface area contributed by atoms with Gasteiger partial charge in [-0.3, -0.25) is 9.59 Å². The van der Waals surface area contributed by atoms with Crippen molar-refractivity contribution in [3.8, 4) is 5.75 Å². The second-order valence-electron chi connectivity index (χ2n) is 9.00.